The molecule has 1 aliphatic heterocycles. The van der Waals surface area contributed by atoms with Gasteiger partial charge in [0.15, 0.2) is 0 Å². The van der Waals surface area contributed by atoms with Gasteiger partial charge in [0.1, 0.15) is 5.82 Å². The molecule has 0 aliphatic carbocycles. The van der Waals surface area contributed by atoms with Gasteiger partial charge in [0.2, 0.25) is 5.95 Å². The molecule has 39 heavy (non-hydrogen) atoms. The molecule has 4 rings (SSSR count). The Morgan fingerprint density at radius 1 is 1.08 bits per heavy atom. The van der Waals surface area contributed by atoms with Crippen molar-refractivity contribution in [2.75, 3.05) is 39.1 Å². The first-order chi connectivity index (χ1) is 18.6. The second-order valence-corrected chi connectivity index (χ2v) is 9.58. The number of aromatic amines is 1. The highest BCUT2D eigenvalue weighted by Gasteiger charge is 2.16. The highest BCUT2D eigenvalue weighted by Crippen LogP contribution is 2.25. The Balaban J connectivity index is 0.000000460. The van der Waals surface area contributed by atoms with Crippen molar-refractivity contribution < 1.29 is 24.9 Å². The molecule has 5 N–H and O–H groups in total. The van der Waals surface area contributed by atoms with E-state index in [4.69, 9.17) is 20.3 Å². The fourth-order valence-corrected chi connectivity index (χ4v) is 4.47. The fraction of sp³-hybridized carbons (Fsp3) is 0.464. The smallest absolute Gasteiger partial charge is 0.328 e. The molecule has 0 saturated carbocycles. The summed E-state index contributed by atoms with van der Waals surface area (Å²) in [6.45, 7) is 9.63. The van der Waals surface area contributed by atoms with Crippen LogP contribution in [0.5, 0.6) is 0 Å². The first-order valence-electron chi connectivity index (χ1n) is 12.9. The predicted octanol–water partition coefficient (Wildman–Crippen LogP) is 3.80. The molecule has 0 spiro atoms. The first-order valence-corrected chi connectivity index (χ1v) is 12.9. The molecule has 1 aliphatic rings. The lowest BCUT2D eigenvalue weighted by molar-refractivity contribution is -0.134. The molecule has 1 aromatic carbocycles. The third-order valence-corrected chi connectivity index (χ3v) is 6.43. The van der Waals surface area contributed by atoms with Crippen molar-refractivity contribution in [3.05, 3.63) is 47.3 Å². The van der Waals surface area contributed by atoms with E-state index < -0.39 is 11.9 Å². The summed E-state index contributed by atoms with van der Waals surface area (Å²) in [4.78, 5) is 38.9. The Hall–Kier alpha value is -3.83. The van der Waals surface area contributed by atoms with Crippen molar-refractivity contribution in [2.45, 2.75) is 46.5 Å². The summed E-state index contributed by atoms with van der Waals surface area (Å²) < 4.78 is 0. The van der Waals surface area contributed by atoms with Crippen molar-refractivity contribution in [1.82, 2.24) is 24.8 Å². The number of aliphatic hydroxyl groups is 1. The molecule has 11 nitrogen and oxygen atoms in total. The van der Waals surface area contributed by atoms with Crippen molar-refractivity contribution in [3.8, 4) is 11.4 Å². The summed E-state index contributed by atoms with van der Waals surface area (Å²) in [6.07, 6.45) is 8.11. The van der Waals surface area contributed by atoms with E-state index in [1.807, 2.05) is 13.1 Å². The number of likely N-dealkylation sites (tertiary alicyclic amines) is 1. The van der Waals surface area contributed by atoms with Gasteiger partial charge in [-0.1, -0.05) is 6.07 Å². The molecule has 212 valence electrons. The minimum atomic E-state index is -1.26. The molecule has 0 radical (unpaired) electrons. The lowest BCUT2D eigenvalue weighted by Gasteiger charge is -2.28. The standard InChI is InChI=1S/C23H32N6.C4H4O4.CH4O/c1-15-12-16(2)21-20(13-15)27-22(28-21)19-14-25-23(26-17(19)3)24-9-5-6-18-7-10-29(4)11-8-18;5-3(6)1-2-4(7)8;1-2/h12-14,18H,5-11H2,1-4H3,(H,27,28)(H,24,25,26);1-2H,(H,5,6)(H,7,8);2H,1H3/b;2-1+;. The average molecular weight is 541 g/mol. The third-order valence-electron chi connectivity index (χ3n) is 6.43. The van der Waals surface area contributed by atoms with Crippen molar-refractivity contribution in [2.24, 2.45) is 5.92 Å². The van der Waals surface area contributed by atoms with Gasteiger partial charge in [-0.05, 0) is 89.7 Å². The van der Waals surface area contributed by atoms with Crippen LogP contribution in [0.4, 0.5) is 5.95 Å². The van der Waals surface area contributed by atoms with Crippen molar-refractivity contribution in [3.63, 3.8) is 0 Å². The number of fused-ring (bicyclic) bond motifs is 1. The van der Waals surface area contributed by atoms with E-state index in [-0.39, 0.29) is 0 Å². The highest BCUT2D eigenvalue weighted by molar-refractivity contribution is 5.89. The maximum absolute atomic E-state index is 9.55. The summed E-state index contributed by atoms with van der Waals surface area (Å²) in [6, 6.07) is 4.30. The van der Waals surface area contributed by atoms with Crippen LogP contribution < -0.4 is 5.32 Å². The summed E-state index contributed by atoms with van der Waals surface area (Å²) in [5.74, 6) is -0.101. The fourth-order valence-electron chi connectivity index (χ4n) is 4.47. The number of piperidine rings is 1. The Morgan fingerprint density at radius 2 is 1.72 bits per heavy atom. The molecular weight excluding hydrogens is 500 g/mol. The van der Waals surface area contributed by atoms with Crippen LogP contribution in [0.2, 0.25) is 0 Å². The first kappa shape index (κ1) is 31.4. The number of nitrogens with one attached hydrogen (secondary N) is 2. The number of H-pyrrole nitrogens is 1. The zero-order valence-corrected chi connectivity index (χ0v) is 23.4. The van der Waals surface area contributed by atoms with Gasteiger partial charge in [0.25, 0.3) is 0 Å². The number of hydrogen-bond donors (Lipinski definition) is 5. The predicted molar refractivity (Wildman–Crippen MR) is 152 cm³/mol. The van der Waals surface area contributed by atoms with Crippen LogP contribution in [-0.2, 0) is 9.59 Å². The molecule has 0 unspecified atom stereocenters. The Kier molecular flexibility index (Phi) is 12.5. The van der Waals surface area contributed by atoms with E-state index >= 15 is 0 Å². The summed E-state index contributed by atoms with van der Waals surface area (Å²) >= 11 is 0. The van der Waals surface area contributed by atoms with Gasteiger partial charge >= 0.3 is 11.9 Å². The zero-order valence-electron chi connectivity index (χ0n) is 23.4. The minimum absolute atomic E-state index is 0.558. The SMILES string of the molecule is CO.Cc1cc(C)c2nc(-c3cnc(NCCCC4CCN(C)CC4)nc3C)[nH]c2c1.O=C(O)/C=C/C(=O)O. The average Bonchev–Trinajstić information content (AvgIpc) is 3.32. The maximum Gasteiger partial charge on any atom is 0.328 e. The topological polar surface area (TPSA) is 165 Å². The minimum Gasteiger partial charge on any atom is -0.478 e. The number of rotatable bonds is 8. The highest BCUT2D eigenvalue weighted by atomic mass is 16.4. The number of carbonyl (C=O) groups is 2. The van der Waals surface area contributed by atoms with Crippen LogP contribution in [0, 0.1) is 26.7 Å². The summed E-state index contributed by atoms with van der Waals surface area (Å²) in [5.41, 5.74) is 6.39. The Labute approximate surface area is 229 Å². The van der Waals surface area contributed by atoms with E-state index in [1.165, 1.54) is 49.9 Å². The second-order valence-electron chi connectivity index (χ2n) is 9.58. The monoisotopic (exact) mass is 540 g/mol. The number of aromatic nitrogens is 4. The molecule has 0 amide bonds. The number of anilines is 1. The van der Waals surface area contributed by atoms with Crippen LogP contribution in [0.25, 0.3) is 22.4 Å². The van der Waals surface area contributed by atoms with Gasteiger partial charge in [-0.2, -0.15) is 0 Å². The van der Waals surface area contributed by atoms with E-state index in [9.17, 15) is 9.59 Å². The molecular formula is C28H40N6O5. The van der Waals surface area contributed by atoms with E-state index in [2.05, 4.69) is 58.2 Å². The molecule has 3 heterocycles. The van der Waals surface area contributed by atoms with Crippen molar-refractivity contribution >= 4 is 28.9 Å². The van der Waals surface area contributed by atoms with Crippen LogP contribution in [0.3, 0.4) is 0 Å². The lowest BCUT2D eigenvalue weighted by atomic mass is 9.92. The number of carboxylic acid groups (broad SMARTS) is 2. The molecule has 0 atom stereocenters. The van der Waals surface area contributed by atoms with E-state index in [0.29, 0.717) is 18.1 Å². The normalized spacial score (nSPS) is 13.9. The zero-order chi connectivity index (χ0) is 28.9. The Bertz CT molecular complexity index is 1250. The van der Waals surface area contributed by atoms with Gasteiger partial charge in [-0.15, -0.1) is 0 Å². The van der Waals surface area contributed by atoms with Gasteiger partial charge in [0.05, 0.1) is 22.3 Å². The van der Waals surface area contributed by atoms with Gasteiger partial charge in [-0.25, -0.2) is 24.5 Å². The molecule has 11 heteroatoms. The number of benzene rings is 1. The number of aliphatic carboxylic acids is 2. The second kappa shape index (κ2) is 15.6. The Morgan fingerprint density at radius 3 is 2.31 bits per heavy atom. The molecule has 1 fully saturated rings. The van der Waals surface area contributed by atoms with E-state index in [1.54, 1.807) is 0 Å². The molecule has 3 aromatic rings. The van der Waals surface area contributed by atoms with Gasteiger partial charge in [-0.3, -0.25) is 0 Å². The molecule has 0 bridgehead atoms. The van der Waals surface area contributed by atoms with Crippen LogP contribution in [0.15, 0.2) is 30.5 Å². The van der Waals surface area contributed by atoms with Crippen molar-refractivity contribution in [1.29, 1.82) is 0 Å². The third kappa shape index (κ3) is 10.1. The largest absolute Gasteiger partial charge is 0.478 e. The van der Waals surface area contributed by atoms with Gasteiger partial charge in [0, 0.05) is 32.0 Å². The number of hydrogen-bond acceptors (Lipinski definition) is 8. The number of aryl methyl sites for hydroxylation is 3. The summed E-state index contributed by atoms with van der Waals surface area (Å²) in [5, 5.41) is 26.0. The lowest BCUT2D eigenvalue weighted by Crippen LogP contribution is -2.30. The van der Waals surface area contributed by atoms with Crippen LogP contribution >= 0.6 is 0 Å². The quantitative estimate of drug-likeness (QED) is 0.210. The van der Waals surface area contributed by atoms with Crippen LogP contribution in [-0.4, -0.2) is 85.9 Å². The molecule has 2 aromatic heterocycles. The summed E-state index contributed by atoms with van der Waals surface area (Å²) in [7, 11) is 3.22. The number of imidazole rings is 1. The number of aliphatic hydroxyl groups excluding tert-OH is 1. The number of nitrogens with zero attached hydrogens (tertiary/aromatic N) is 4. The molecule has 1 saturated heterocycles. The number of carboxylic acids is 2. The van der Waals surface area contributed by atoms with Gasteiger partial charge < -0.3 is 30.5 Å². The van der Waals surface area contributed by atoms with E-state index in [0.717, 1.165) is 47.7 Å². The maximum atomic E-state index is 9.55. The van der Waals surface area contributed by atoms with Crippen LogP contribution in [0.1, 0.15) is 42.5 Å².